The molecule has 0 fully saturated rings. The number of pyridine rings is 1. The second-order valence-corrected chi connectivity index (χ2v) is 2.48. The minimum absolute atomic E-state index is 0.367. The molecule has 1 unspecified atom stereocenters. The molecule has 0 aliphatic carbocycles. The number of anilines is 1. The van der Waals surface area contributed by atoms with Gasteiger partial charge in [0.25, 0.3) is 5.82 Å². The maximum Gasteiger partial charge on any atom is 0.279 e. The van der Waals surface area contributed by atoms with E-state index in [0.717, 1.165) is 0 Å². The molecule has 4 heteroatoms. The van der Waals surface area contributed by atoms with Crippen molar-refractivity contribution < 1.29 is 9.84 Å². The smallest absolute Gasteiger partial charge is 0.279 e. The van der Waals surface area contributed by atoms with Gasteiger partial charge in [0.15, 0.2) is 6.23 Å². The molecule has 1 atom stereocenters. The molecule has 1 aromatic rings. The molecule has 1 rings (SSSR count). The fourth-order valence-electron chi connectivity index (χ4n) is 0.813. The molecule has 0 bridgehead atoms. The molecule has 0 aromatic carbocycles. The highest BCUT2D eigenvalue weighted by atomic mass is 16.5. The lowest BCUT2D eigenvalue weighted by Crippen LogP contribution is -2.33. The molecule has 12 heavy (non-hydrogen) atoms. The summed E-state index contributed by atoms with van der Waals surface area (Å²) in [5, 5.41) is 22.9. The summed E-state index contributed by atoms with van der Waals surface area (Å²) in [4.78, 5) is 0. The summed E-state index contributed by atoms with van der Waals surface area (Å²) in [6.07, 6.45) is 1.28. The molecular weight excluding hydrogens is 156 g/mol. The molecule has 66 valence electrons. The number of hydrogen-bond donors (Lipinski definition) is 2. The molecule has 2 N–H and O–H groups in total. The lowest BCUT2D eigenvalue weighted by atomic mass is 10.4. The van der Waals surface area contributed by atoms with Crippen molar-refractivity contribution >= 4 is 5.82 Å². The van der Waals surface area contributed by atoms with Crippen LogP contribution in [0.15, 0.2) is 24.4 Å². The van der Waals surface area contributed by atoms with E-state index in [1.807, 2.05) is 6.92 Å². The van der Waals surface area contributed by atoms with Gasteiger partial charge in [-0.25, -0.2) is 10.0 Å². The zero-order chi connectivity index (χ0) is 8.97. The van der Waals surface area contributed by atoms with E-state index >= 15 is 0 Å². The van der Waals surface area contributed by atoms with Gasteiger partial charge in [0, 0.05) is 12.5 Å². The highest BCUT2D eigenvalue weighted by Crippen LogP contribution is 2.00. The van der Waals surface area contributed by atoms with Crippen LogP contribution < -0.4 is 10.0 Å². The highest BCUT2D eigenvalue weighted by Gasteiger charge is 2.07. The maximum atomic E-state index is 11.0. The number of nitrogens with one attached hydrogen (secondary N) is 1. The molecular formula is C8H12N2O2. The summed E-state index contributed by atoms with van der Waals surface area (Å²) in [5.74, 6) is 0.367. The zero-order valence-corrected chi connectivity index (χ0v) is 6.90. The first-order chi connectivity index (χ1) is 5.74. The van der Waals surface area contributed by atoms with Crippen LogP contribution in [-0.4, -0.2) is 11.3 Å². The predicted molar refractivity (Wildman–Crippen MR) is 45.3 cm³/mol. The Morgan fingerprint density at radius 3 is 3.00 bits per heavy atom. The molecule has 0 spiro atoms. The number of hydrogen-bond acceptors (Lipinski definition) is 3. The van der Waals surface area contributed by atoms with Crippen LogP contribution in [-0.2, 0) is 0 Å². The lowest BCUT2D eigenvalue weighted by molar-refractivity contribution is -0.590. The monoisotopic (exact) mass is 168 g/mol. The van der Waals surface area contributed by atoms with Gasteiger partial charge in [0.1, 0.15) is 0 Å². The van der Waals surface area contributed by atoms with Crippen LogP contribution in [0.4, 0.5) is 5.82 Å². The van der Waals surface area contributed by atoms with Crippen LogP contribution in [0.3, 0.4) is 0 Å². The van der Waals surface area contributed by atoms with Gasteiger partial charge in [-0.05, 0) is 6.07 Å². The van der Waals surface area contributed by atoms with Gasteiger partial charge in [-0.2, -0.15) is 0 Å². The third-order valence-corrected chi connectivity index (χ3v) is 1.53. The van der Waals surface area contributed by atoms with Gasteiger partial charge >= 0.3 is 0 Å². The average molecular weight is 168 g/mol. The fraction of sp³-hybridized carbons (Fsp3) is 0.375. The van der Waals surface area contributed by atoms with Crippen molar-refractivity contribution in [2.24, 2.45) is 0 Å². The Kier molecular flexibility index (Phi) is 2.88. The van der Waals surface area contributed by atoms with E-state index in [1.165, 1.54) is 6.20 Å². The van der Waals surface area contributed by atoms with E-state index in [1.54, 1.807) is 18.2 Å². The van der Waals surface area contributed by atoms with Crippen molar-refractivity contribution in [3.8, 4) is 0 Å². The summed E-state index contributed by atoms with van der Waals surface area (Å²) >= 11 is 0. The Balaban J connectivity index is 2.69. The largest absolute Gasteiger partial charge is 0.711 e. The van der Waals surface area contributed by atoms with Crippen LogP contribution in [0, 0.1) is 5.21 Å². The summed E-state index contributed by atoms with van der Waals surface area (Å²) in [6.45, 7) is 1.83. The topological polar surface area (TPSA) is 59.2 Å². The van der Waals surface area contributed by atoms with E-state index < -0.39 is 6.23 Å². The SMILES string of the molecule is CCC(O)Nc1cccc[n+]1[O-]. The van der Waals surface area contributed by atoms with E-state index in [0.29, 0.717) is 17.0 Å². The zero-order valence-electron chi connectivity index (χ0n) is 6.90. The Hall–Kier alpha value is -1.29. The lowest BCUT2D eigenvalue weighted by Gasteiger charge is -2.10. The van der Waals surface area contributed by atoms with Gasteiger partial charge in [0.05, 0.1) is 6.20 Å². The van der Waals surface area contributed by atoms with Gasteiger partial charge in [-0.1, -0.05) is 13.0 Å². The maximum absolute atomic E-state index is 11.0. The average Bonchev–Trinajstić information content (AvgIpc) is 2.09. The third-order valence-electron chi connectivity index (χ3n) is 1.53. The van der Waals surface area contributed by atoms with Crippen molar-refractivity contribution in [1.29, 1.82) is 0 Å². The highest BCUT2D eigenvalue weighted by molar-refractivity contribution is 5.27. The molecule has 1 aromatic heterocycles. The molecule has 0 aliphatic rings. The van der Waals surface area contributed by atoms with E-state index in [4.69, 9.17) is 0 Å². The van der Waals surface area contributed by atoms with Crippen molar-refractivity contribution in [2.45, 2.75) is 19.6 Å². The molecule has 0 aliphatic heterocycles. The quantitative estimate of drug-likeness (QED) is 0.391. The standard InChI is InChI=1S/C8H12N2O2/c1-2-8(11)9-7-5-3-4-6-10(7)12/h3-6,8-9,11H,2H2,1H3. The predicted octanol–water partition coefficient (Wildman–Crippen LogP) is 0.460. The summed E-state index contributed by atoms with van der Waals surface area (Å²) in [5.41, 5.74) is 0. The van der Waals surface area contributed by atoms with Gasteiger partial charge in [-0.15, -0.1) is 0 Å². The first-order valence-corrected chi connectivity index (χ1v) is 3.87. The molecule has 0 radical (unpaired) electrons. The molecule has 0 saturated carbocycles. The Bertz CT molecular complexity index is 253. The number of aromatic nitrogens is 1. The second kappa shape index (κ2) is 3.92. The van der Waals surface area contributed by atoms with Crippen molar-refractivity contribution in [3.05, 3.63) is 29.6 Å². The van der Waals surface area contributed by atoms with Crippen LogP contribution >= 0.6 is 0 Å². The summed E-state index contributed by atoms with van der Waals surface area (Å²) in [6, 6.07) is 4.99. The van der Waals surface area contributed by atoms with Crippen LogP contribution in [0.25, 0.3) is 0 Å². The van der Waals surface area contributed by atoms with Gasteiger partial charge in [0.2, 0.25) is 0 Å². The Morgan fingerprint density at radius 2 is 2.42 bits per heavy atom. The first kappa shape index (κ1) is 8.80. The molecule has 4 nitrogen and oxygen atoms in total. The number of nitrogens with zero attached hydrogens (tertiary/aromatic N) is 1. The molecule has 0 amide bonds. The fourth-order valence-corrected chi connectivity index (χ4v) is 0.813. The normalized spacial score (nSPS) is 12.5. The minimum atomic E-state index is -0.660. The van der Waals surface area contributed by atoms with E-state index in [2.05, 4.69) is 5.32 Å². The Morgan fingerprint density at radius 1 is 1.67 bits per heavy atom. The first-order valence-electron chi connectivity index (χ1n) is 3.87. The van der Waals surface area contributed by atoms with Crippen LogP contribution in [0.2, 0.25) is 0 Å². The minimum Gasteiger partial charge on any atom is -0.711 e. The molecule has 0 saturated heterocycles. The Labute approximate surface area is 71.0 Å². The van der Waals surface area contributed by atoms with Crippen LogP contribution in [0.5, 0.6) is 0 Å². The van der Waals surface area contributed by atoms with Crippen molar-refractivity contribution in [1.82, 2.24) is 0 Å². The van der Waals surface area contributed by atoms with Crippen LogP contribution in [0.1, 0.15) is 13.3 Å². The number of aliphatic hydroxyl groups excluding tert-OH is 1. The number of rotatable bonds is 3. The van der Waals surface area contributed by atoms with E-state index in [9.17, 15) is 10.3 Å². The molecule has 1 heterocycles. The van der Waals surface area contributed by atoms with Gasteiger partial charge < -0.3 is 10.3 Å². The van der Waals surface area contributed by atoms with Crippen molar-refractivity contribution in [3.63, 3.8) is 0 Å². The van der Waals surface area contributed by atoms with Crippen molar-refractivity contribution in [2.75, 3.05) is 5.32 Å². The van der Waals surface area contributed by atoms with E-state index in [-0.39, 0.29) is 0 Å². The summed E-state index contributed by atoms with van der Waals surface area (Å²) in [7, 11) is 0. The summed E-state index contributed by atoms with van der Waals surface area (Å²) < 4.78 is 0.679. The third kappa shape index (κ3) is 2.10. The second-order valence-electron chi connectivity index (χ2n) is 2.48. The number of aliphatic hydroxyl groups is 1. The van der Waals surface area contributed by atoms with Gasteiger partial charge in [-0.3, -0.25) is 0 Å².